The number of anilines is 1. The van der Waals surface area contributed by atoms with E-state index in [4.69, 9.17) is 6.57 Å². The van der Waals surface area contributed by atoms with Gasteiger partial charge in [-0.15, -0.1) is 0 Å². The molecule has 0 aromatic heterocycles. The van der Waals surface area contributed by atoms with E-state index < -0.39 is 17.6 Å². The second-order valence-electron chi connectivity index (χ2n) is 8.11. The molecular weight excluding hydrogens is 362 g/mol. The largest absolute Gasteiger partial charge is 0.389 e. The van der Waals surface area contributed by atoms with Crippen molar-refractivity contribution < 1.29 is 9.90 Å². The summed E-state index contributed by atoms with van der Waals surface area (Å²) >= 11 is 0. The van der Waals surface area contributed by atoms with Crippen LogP contribution in [0.3, 0.4) is 0 Å². The highest BCUT2D eigenvalue weighted by atomic mass is 16.3. The molecule has 5 heteroatoms. The smallest absolute Gasteiger partial charge is 0.238 e. The lowest BCUT2D eigenvalue weighted by molar-refractivity contribution is -0.125. The van der Waals surface area contributed by atoms with Crippen molar-refractivity contribution in [3.8, 4) is 0 Å². The molecule has 0 radical (unpaired) electrons. The highest BCUT2D eigenvalue weighted by Gasteiger charge is 2.53. The van der Waals surface area contributed by atoms with Gasteiger partial charge in [0.2, 0.25) is 5.91 Å². The van der Waals surface area contributed by atoms with Gasteiger partial charge in [-0.1, -0.05) is 61.7 Å². The van der Waals surface area contributed by atoms with E-state index in [0.717, 1.165) is 48.9 Å². The summed E-state index contributed by atoms with van der Waals surface area (Å²) in [6.07, 6.45) is 4.09. The molecule has 1 amide bonds. The summed E-state index contributed by atoms with van der Waals surface area (Å²) < 4.78 is 0. The van der Waals surface area contributed by atoms with Crippen LogP contribution >= 0.6 is 0 Å². The molecule has 1 aliphatic carbocycles. The second kappa shape index (κ2) is 7.98. The number of aliphatic hydroxyl groups excluding tert-OH is 1. The maximum atomic E-state index is 14.0. The first-order chi connectivity index (χ1) is 14.1. The van der Waals surface area contributed by atoms with Crippen LogP contribution in [0.2, 0.25) is 0 Å². The van der Waals surface area contributed by atoms with Crippen LogP contribution in [0, 0.1) is 6.57 Å². The Kier molecular flexibility index (Phi) is 5.40. The summed E-state index contributed by atoms with van der Waals surface area (Å²) in [4.78, 5) is 19.4. The van der Waals surface area contributed by atoms with Crippen LogP contribution < -0.4 is 10.2 Å². The van der Waals surface area contributed by atoms with E-state index in [1.807, 2.05) is 48.5 Å². The molecule has 1 fully saturated rings. The van der Waals surface area contributed by atoms with Crippen LogP contribution in [-0.2, 0) is 10.2 Å². The van der Waals surface area contributed by atoms with Gasteiger partial charge in [-0.25, -0.2) is 4.85 Å². The van der Waals surface area contributed by atoms with E-state index >= 15 is 0 Å². The Morgan fingerprint density at radius 3 is 2.55 bits per heavy atom. The number of amides is 1. The van der Waals surface area contributed by atoms with E-state index in [1.54, 1.807) is 11.9 Å². The molecule has 0 bridgehead atoms. The number of likely N-dealkylation sites (N-methyl/N-ethyl adjacent to an activating group) is 1. The highest BCUT2D eigenvalue weighted by molar-refractivity contribution is 6.09. The minimum atomic E-state index is -0.769. The van der Waals surface area contributed by atoms with Crippen molar-refractivity contribution in [2.24, 2.45) is 0 Å². The molecule has 29 heavy (non-hydrogen) atoms. The Morgan fingerprint density at radius 2 is 1.90 bits per heavy atom. The number of carbonyl (C=O) groups excluding carboxylic acids is 1. The van der Waals surface area contributed by atoms with Crippen molar-refractivity contribution in [3.63, 3.8) is 0 Å². The summed E-state index contributed by atoms with van der Waals surface area (Å²) in [6, 6.07) is 14.8. The van der Waals surface area contributed by atoms with Crippen molar-refractivity contribution in [1.82, 2.24) is 5.32 Å². The van der Waals surface area contributed by atoms with Gasteiger partial charge in [-0.2, -0.15) is 0 Å². The molecule has 150 valence electrons. The minimum Gasteiger partial charge on any atom is -0.389 e. The minimum absolute atomic E-state index is 0.0679. The van der Waals surface area contributed by atoms with Crippen LogP contribution in [0.5, 0.6) is 0 Å². The van der Waals surface area contributed by atoms with Crippen molar-refractivity contribution in [2.75, 3.05) is 18.5 Å². The topological polar surface area (TPSA) is 56.9 Å². The maximum Gasteiger partial charge on any atom is 0.238 e. The number of nitrogens with one attached hydrogen (secondary N) is 1. The number of hydrogen-bond acceptors (Lipinski definition) is 3. The molecule has 0 unspecified atom stereocenters. The molecule has 2 aliphatic rings. The van der Waals surface area contributed by atoms with Gasteiger partial charge in [0.25, 0.3) is 0 Å². The molecule has 2 atom stereocenters. The summed E-state index contributed by atoms with van der Waals surface area (Å²) in [5.74, 6) is 0.0679. The third-order valence-electron chi connectivity index (χ3n) is 6.42. The van der Waals surface area contributed by atoms with E-state index in [0.29, 0.717) is 12.2 Å². The average molecular weight is 389 g/mol. The fourth-order valence-corrected chi connectivity index (χ4v) is 5.08. The zero-order chi connectivity index (χ0) is 20.4. The van der Waals surface area contributed by atoms with Gasteiger partial charge in [-0.05, 0) is 37.1 Å². The molecule has 1 saturated carbocycles. The van der Waals surface area contributed by atoms with Crippen LogP contribution in [-0.4, -0.2) is 30.7 Å². The number of aliphatic hydroxyl groups is 1. The Bertz CT molecular complexity index is 929. The maximum absolute atomic E-state index is 14.0. The molecule has 2 aromatic carbocycles. The molecule has 2 N–H and O–H groups in total. The Morgan fingerprint density at radius 1 is 1.17 bits per heavy atom. The van der Waals surface area contributed by atoms with E-state index in [9.17, 15) is 9.90 Å². The Balaban J connectivity index is 1.89. The lowest BCUT2D eigenvalue weighted by Crippen LogP contribution is -2.47. The summed E-state index contributed by atoms with van der Waals surface area (Å²) in [5.41, 5.74) is 2.70. The first-order valence-electron chi connectivity index (χ1n) is 10.4. The first-order valence-corrected chi connectivity index (χ1v) is 10.4. The third kappa shape index (κ3) is 3.23. The van der Waals surface area contributed by atoms with Crippen molar-refractivity contribution in [3.05, 3.63) is 71.1 Å². The monoisotopic (exact) mass is 389 g/mol. The fraction of sp³-hybridized carbons (Fsp3) is 0.417. The predicted octanol–water partition coefficient (Wildman–Crippen LogP) is 4.11. The molecular formula is C24H27N3O2. The molecule has 5 nitrogen and oxygen atoms in total. The average Bonchev–Trinajstić information content (AvgIpc) is 2.98. The van der Waals surface area contributed by atoms with Crippen LogP contribution in [0.4, 0.5) is 11.4 Å². The molecule has 1 heterocycles. The fourth-order valence-electron chi connectivity index (χ4n) is 5.08. The normalized spacial score (nSPS) is 19.6. The van der Waals surface area contributed by atoms with E-state index in [-0.39, 0.29) is 5.91 Å². The van der Waals surface area contributed by atoms with Gasteiger partial charge in [-0.3, -0.25) is 4.79 Å². The van der Waals surface area contributed by atoms with Gasteiger partial charge < -0.3 is 15.3 Å². The van der Waals surface area contributed by atoms with Gasteiger partial charge in [0.1, 0.15) is 0 Å². The van der Waals surface area contributed by atoms with Crippen LogP contribution in [0.25, 0.3) is 4.85 Å². The highest BCUT2D eigenvalue weighted by Crippen LogP contribution is 2.53. The predicted molar refractivity (Wildman–Crippen MR) is 114 cm³/mol. The molecule has 0 saturated heterocycles. The van der Waals surface area contributed by atoms with Gasteiger partial charge >= 0.3 is 0 Å². The van der Waals surface area contributed by atoms with E-state index in [2.05, 4.69) is 10.2 Å². The van der Waals surface area contributed by atoms with Crippen molar-refractivity contribution in [2.45, 2.75) is 49.7 Å². The second-order valence-corrected chi connectivity index (χ2v) is 8.11. The van der Waals surface area contributed by atoms with E-state index in [1.165, 1.54) is 0 Å². The van der Waals surface area contributed by atoms with Crippen LogP contribution in [0.1, 0.15) is 49.3 Å². The lowest BCUT2D eigenvalue weighted by atomic mass is 9.70. The van der Waals surface area contributed by atoms with Gasteiger partial charge in [0.05, 0.1) is 24.1 Å². The zero-order valence-electron chi connectivity index (χ0n) is 16.8. The number of hydrogen-bond donors (Lipinski definition) is 2. The molecule has 1 spiro atoms. The van der Waals surface area contributed by atoms with Crippen molar-refractivity contribution >= 4 is 17.3 Å². The number of benzene rings is 2. The Hall–Kier alpha value is -2.68. The number of carbonyl (C=O) groups is 1. The molecule has 1 aliphatic heterocycles. The summed E-state index contributed by atoms with van der Waals surface area (Å²) in [7, 11) is 1.80. The standard InChI is InChI=1S/C24H27N3O2/c1-25-16-21(28)22(17-9-5-3-6-10-17)27-20-15-18(26-2)11-12-19(20)24(23(27)29)13-7-4-8-14-24/h3,5-6,9-12,15,21-22,25,28H,4,7-8,13-14,16H2,1H3/t21-,22+/m1/s1. The van der Waals surface area contributed by atoms with Gasteiger partial charge in [0, 0.05) is 12.2 Å². The number of fused-ring (bicyclic) bond motifs is 2. The quantitative estimate of drug-likeness (QED) is 0.757. The van der Waals surface area contributed by atoms with Gasteiger partial charge in [0.15, 0.2) is 5.69 Å². The Labute approximate surface area is 172 Å². The number of nitrogens with zero attached hydrogens (tertiary/aromatic N) is 2. The molecule has 2 aromatic rings. The third-order valence-corrected chi connectivity index (χ3v) is 6.42. The first kappa shape index (κ1) is 19.6. The number of rotatable bonds is 5. The van der Waals surface area contributed by atoms with Crippen LogP contribution in [0.15, 0.2) is 48.5 Å². The lowest BCUT2D eigenvalue weighted by Gasteiger charge is -2.36. The zero-order valence-corrected chi connectivity index (χ0v) is 16.8. The molecule has 4 rings (SSSR count). The summed E-state index contributed by atoms with van der Waals surface area (Å²) in [5, 5.41) is 14.1. The summed E-state index contributed by atoms with van der Waals surface area (Å²) in [6.45, 7) is 7.81. The SMILES string of the molecule is [C-]#[N+]c1ccc2c(c1)N([C@@H](c1ccccc1)[C@H](O)CNC)C(=O)C21CCCCC1. The van der Waals surface area contributed by atoms with Crippen molar-refractivity contribution in [1.29, 1.82) is 0 Å².